The molecule has 106 valence electrons. The summed E-state index contributed by atoms with van der Waals surface area (Å²) in [7, 11) is 0. The number of aliphatic carboxylic acids is 1. The van der Waals surface area contributed by atoms with E-state index < -0.39 is 11.9 Å². The molecule has 0 aliphatic carbocycles. The number of urea groups is 1. The zero-order valence-electron chi connectivity index (χ0n) is 11.8. The summed E-state index contributed by atoms with van der Waals surface area (Å²) in [5.41, 5.74) is 0. The molecule has 0 saturated heterocycles. The van der Waals surface area contributed by atoms with Gasteiger partial charge in [-0.05, 0) is 25.7 Å². The Morgan fingerprint density at radius 2 is 1.78 bits per heavy atom. The van der Waals surface area contributed by atoms with E-state index in [0.717, 1.165) is 12.8 Å². The van der Waals surface area contributed by atoms with E-state index in [-0.39, 0.29) is 18.6 Å². The molecular weight excluding hydrogens is 232 g/mol. The van der Waals surface area contributed by atoms with Crippen LogP contribution in [0.25, 0.3) is 0 Å². The van der Waals surface area contributed by atoms with Crippen molar-refractivity contribution >= 4 is 12.0 Å². The number of carbonyl (C=O) groups excluding carboxylic acids is 1. The average molecular weight is 258 g/mol. The molecule has 0 aliphatic rings. The third kappa shape index (κ3) is 7.14. The van der Waals surface area contributed by atoms with Crippen molar-refractivity contribution in [1.29, 1.82) is 0 Å². The second-order valence-corrected chi connectivity index (χ2v) is 4.95. The molecule has 5 nitrogen and oxygen atoms in total. The molecule has 0 aromatic rings. The van der Waals surface area contributed by atoms with Crippen molar-refractivity contribution in [3.63, 3.8) is 0 Å². The molecule has 0 aromatic carbocycles. The molecule has 0 bridgehead atoms. The third-order valence-corrected chi connectivity index (χ3v) is 3.18. The zero-order valence-corrected chi connectivity index (χ0v) is 11.8. The lowest BCUT2D eigenvalue weighted by Gasteiger charge is -2.18. The number of rotatable bonds is 8. The molecule has 0 radical (unpaired) electrons. The molecule has 0 aromatic heterocycles. The first-order chi connectivity index (χ1) is 8.40. The highest BCUT2D eigenvalue weighted by Gasteiger charge is 2.16. The lowest BCUT2D eigenvalue weighted by Crippen LogP contribution is -2.43. The van der Waals surface area contributed by atoms with Crippen LogP contribution < -0.4 is 10.6 Å². The van der Waals surface area contributed by atoms with Crippen molar-refractivity contribution in [2.45, 2.75) is 53.0 Å². The van der Waals surface area contributed by atoms with Gasteiger partial charge in [-0.3, -0.25) is 4.79 Å². The van der Waals surface area contributed by atoms with Gasteiger partial charge < -0.3 is 15.7 Å². The molecule has 0 saturated carbocycles. The van der Waals surface area contributed by atoms with E-state index in [4.69, 9.17) is 5.11 Å². The highest BCUT2D eigenvalue weighted by Crippen LogP contribution is 2.09. The molecule has 3 unspecified atom stereocenters. The highest BCUT2D eigenvalue weighted by atomic mass is 16.4. The summed E-state index contributed by atoms with van der Waals surface area (Å²) in [6.45, 7) is 8.20. The lowest BCUT2D eigenvalue weighted by molar-refractivity contribution is -0.141. The topological polar surface area (TPSA) is 78.4 Å². The average Bonchev–Trinajstić information content (AvgIpc) is 2.28. The maximum atomic E-state index is 11.6. The molecule has 0 fully saturated rings. The Balaban J connectivity index is 3.93. The summed E-state index contributed by atoms with van der Waals surface area (Å²) in [6.07, 6.45) is 2.53. The van der Waals surface area contributed by atoms with E-state index in [1.807, 2.05) is 6.92 Å². The second kappa shape index (κ2) is 8.78. The molecule has 0 spiro atoms. The normalized spacial score (nSPS) is 15.6. The van der Waals surface area contributed by atoms with Gasteiger partial charge in [0.1, 0.15) is 0 Å². The van der Waals surface area contributed by atoms with E-state index in [9.17, 15) is 9.59 Å². The summed E-state index contributed by atoms with van der Waals surface area (Å²) >= 11 is 0. The van der Waals surface area contributed by atoms with E-state index in [0.29, 0.717) is 12.3 Å². The second-order valence-electron chi connectivity index (χ2n) is 4.95. The monoisotopic (exact) mass is 258 g/mol. The minimum Gasteiger partial charge on any atom is -0.481 e. The Bertz CT molecular complexity index is 269. The number of carbonyl (C=O) groups is 2. The SMILES string of the molecule is CCC(C)CC(C)NC(=O)NCC(CC)C(=O)O. The van der Waals surface area contributed by atoms with E-state index >= 15 is 0 Å². The molecule has 0 aliphatic heterocycles. The molecule has 2 amide bonds. The molecule has 18 heavy (non-hydrogen) atoms. The minimum absolute atomic E-state index is 0.102. The summed E-state index contributed by atoms with van der Waals surface area (Å²) in [6, 6.07) is -0.185. The van der Waals surface area contributed by atoms with Gasteiger partial charge in [0.2, 0.25) is 0 Å². The van der Waals surface area contributed by atoms with Crippen molar-refractivity contribution in [1.82, 2.24) is 10.6 Å². The molecular formula is C13H26N2O3. The van der Waals surface area contributed by atoms with Crippen molar-refractivity contribution < 1.29 is 14.7 Å². The van der Waals surface area contributed by atoms with Gasteiger partial charge in [0.15, 0.2) is 0 Å². The zero-order chi connectivity index (χ0) is 14.1. The van der Waals surface area contributed by atoms with Crippen LogP contribution in [0.1, 0.15) is 47.0 Å². The minimum atomic E-state index is -0.870. The molecule has 3 N–H and O–H groups in total. The van der Waals surface area contributed by atoms with Crippen molar-refractivity contribution in [3.05, 3.63) is 0 Å². The summed E-state index contributed by atoms with van der Waals surface area (Å²) in [4.78, 5) is 22.3. The van der Waals surface area contributed by atoms with Gasteiger partial charge in [0, 0.05) is 12.6 Å². The van der Waals surface area contributed by atoms with Gasteiger partial charge in [-0.1, -0.05) is 27.2 Å². The Morgan fingerprint density at radius 1 is 1.17 bits per heavy atom. The van der Waals surface area contributed by atoms with E-state index in [2.05, 4.69) is 24.5 Å². The van der Waals surface area contributed by atoms with E-state index in [1.54, 1.807) is 6.92 Å². The van der Waals surface area contributed by atoms with Gasteiger partial charge in [0.05, 0.1) is 5.92 Å². The first-order valence-corrected chi connectivity index (χ1v) is 6.67. The van der Waals surface area contributed by atoms with Crippen LogP contribution in [0, 0.1) is 11.8 Å². The van der Waals surface area contributed by atoms with Crippen molar-refractivity contribution in [2.24, 2.45) is 11.8 Å². The number of hydrogen-bond acceptors (Lipinski definition) is 2. The standard InChI is InChI=1S/C13H26N2O3/c1-5-9(3)7-10(4)15-13(18)14-8-11(6-2)12(16)17/h9-11H,5-8H2,1-4H3,(H,16,17)(H2,14,15,18). The largest absolute Gasteiger partial charge is 0.481 e. The Kier molecular flexibility index (Phi) is 8.16. The van der Waals surface area contributed by atoms with Crippen LogP contribution in [0.4, 0.5) is 4.79 Å². The fraction of sp³-hybridized carbons (Fsp3) is 0.846. The number of carboxylic acid groups (broad SMARTS) is 1. The summed E-state index contributed by atoms with van der Waals surface area (Å²) < 4.78 is 0. The van der Waals surface area contributed by atoms with Crippen molar-refractivity contribution in [3.8, 4) is 0 Å². The maximum Gasteiger partial charge on any atom is 0.315 e. The fourth-order valence-corrected chi connectivity index (χ4v) is 1.73. The summed E-state index contributed by atoms with van der Waals surface area (Å²) in [5.74, 6) is -0.811. The van der Waals surface area contributed by atoms with Gasteiger partial charge in [-0.25, -0.2) is 4.79 Å². The fourth-order valence-electron chi connectivity index (χ4n) is 1.73. The molecule has 0 rings (SSSR count). The Hall–Kier alpha value is -1.26. The first-order valence-electron chi connectivity index (χ1n) is 6.67. The van der Waals surface area contributed by atoms with Gasteiger partial charge in [-0.15, -0.1) is 0 Å². The Morgan fingerprint density at radius 3 is 2.22 bits per heavy atom. The quantitative estimate of drug-likeness (QED) is 0.624. The smallest absolute Gasteiger partial charge is 0.315 e. The summed E-state index contributed by atoms with van der Waals surface area (Å²) in [5, 5.41) is 14.3. The number of hydrogen-bond donors (Lipinski definition) is 3. The molecule has 0 heterocycles. The van der Waals surface area contributed by atoms with Gasteiger partial charge in [-0.2, -0.15) is 0 Å². The maximum absolute atomic E-state index is 11.6. The number of amides is 2. The predicted octanol–water partition coefficient (Wildman–Crippen LogP) is 2.22. The van der Waals surface area contributed by atoms with Crippen LogP contribution in [-0.2, 0) is 4.79 Å². The first kappa shape index (κ1) is 16.7. The number of nitrogens with one attached hydrogen (secondary N) is 2. The van der Waals surface area contributed by atoms with Crippen LogP contribution in [-0.4, -0.2) is 29.7 Å². The Labute approximate surface area is 109 Å². The van der Waals surface area contributed by atoms with E-state index in [1.165, 1.54) is 0 Å². The van der Waals surface area contributed by atoms with Crippen LogP contribution in [0.2, 0.25) is 0 Å². The van der Waals surface area contributed by atoms with Gasteiger partial charge >= 0.3 is 12.0 Å². The van der Waals surface area contributed by atoms with Crippen LogP contribution >= 0.6 is 0 Å². The predicted molar refractivity (Wildman–Crippen MR) is 71.5 cm³/mol. The number of carboxylic acids is 1. The van der Waals surface area contributed by atoms with Crippen LogP contribution in [0.3, 0.4) is 0 Å². The van der Waals surface area contributed by atoms with Crippen molar-refractivity contribution in [2.75, 3.05) is 6.54 Å². The third-order valence-electron chi connectivity index (χ3n) is 3.18. The molecule has 3 atom stereocenters. The van der Waals surface area contributed by atoms with Crippen LogP contribution in [0.15, 0.2) is 0 Å². The molecule has 5 heteroatoms. The highest BCUT2D eigenvalue weighted by molar-refractivity contribution is 5.76. The van der Waals surface area contributed by atoms with Gasteiger partial charge in [0.25, 0.3) is 0 Å². The van der Waals surface area contributed by atoms with Crippen LogP contribution in [0.5, 0.6) is 0 Å². The lowest BCUT2D eigenvalue weighted by atomic mass is 10.0.